The molecule has 6 N–H and O–H groups in total. The second-order valence-corrected chi connectivity index (χ2v) is 11.5. The molecule has 3 aliphatic rings. The van der Waals surface area contributed by atoms with E-state index in [1.54, 1.807) is 0 Å². The molecule has 10 nitrogen and oxygen atoms in total. The number of hydrogen-bond donors (Lipinski definition) is 4. The number of nitrogens with two attached hydrogens (primary N) is 2. The van der Waals surface area contributed by atoms with Crippen LogP contribution in [0.1, 0.15) is 60.3 Å². The number of urea groups is 1. The van der Waals surface area contributed by atoms with Gasteiger partial charge in [0.2, 0.25) is 17.6 Å². The molecule has 1 unspecified atom stereocenters. The average molecular weight is 464 g/mol. The fraction of sp³-hybridized carbons (Fsp3) is 0.783. The van der Waals surface area contributed by atoms with Gasteiger partial charge in [-0.1, -0.05) is 53.9 Å². The Balaban J connectivity index is 1.84. The van der Waals surface area contributed by atoms with E-state index in [2.05, 4.69) is 10.6 Å². The molecule has 3 rings (SSSR count). The standard InChI is InChI=1S/C23H37N5O5/c1-22(2,3)17(27-21(25)33)20(32)28-10-12-14(23(12,4)5)15(28)19(31)26-13(16(29)18(24)30)9-11-7-6-8-11/h11-15,17H,6-10H2,1-5H3,(H2,24,30)(H,26,31)(H3,25,27,33)/t12-,13?,14-,15-,17+/m0/s1. The van der Waals surface area contributed by atoms with E-state index in [1.165, 1.54) is 4.90 Å². The van der Waals surface area contributed by atoms with E-state index in [4.69, 9.17) is 11.5 Å². The van der Waals surface area contributed by atoms with Crippen LogP contribution >= 0.6 is 0 Å². The van der Waals surface area contributed by atoms with Gasteiger partial charge in [0.1, 0.15) is 12.1 Å². The number of carbonyl (C=O) groups excluding carboxylic acids is 5. The number of ketones is 1. The van der Waals surface area contributed by atoms with Gasteiger partial charge in [0.15, 0.2) is 0 Å². The molecule has 3 fully saturated rings. The molecule has 1 saturated heterocycles. The van der Waals surface area contributed by atoms with Crippen molar-refractivity contribution >= 4 is 29.5 Å². The summed E-state index contributed by atoms with van der Waals surface area (Å²) in [6.07, 6.45) is 3.30. The van der Waals surface area contributed by atoms with Crippen molar-refractivity contribution in [2.45, 2.75) is 78.4 Å². The predicted octanol–water partition coefficient (Wildman–Crippen LogP) is 0.282. The quantitative estimate of drug-likeness (QED) is 0.379. The average Bonchev–Trinajstić information content (AvgIpc) is 3.01. The topological polar surface area (TPSA) is 165 Å². The maximum Gasteiger partial charge on any atom is 0.312 e. The summed E-state index contributed by atoms with van der Waals surface area (Å²) in [7, 11) is 0. The van der Waals surface area contributed by atoms with Crippen molar-refractivity contribution < 1.29 is 24.0 Å². The molecule has 0 aromatic carbocycles. The van der Waals surface area contributed by atoms with Crippen LogP contribution < -0.4 is 22.1 Å². The molecule has 5 amide bonds. The maximum absolute atomic E-state index is 13.5. The zero-order chi connectivity index (χ0) is 24.9. The first-order chi connectivity index (χ1) is 15.2. The minimum absolute atomic E-state index is 0.0799. The van der Waals surface area contributed by atoms with Gasteiger partial charge in [-0.15, -0.1) is 0 Å². The molecule has 184 valence electrons. The summed E-state index contributed by atoms with van der Waals surface area (Å²) in [4.78, 5) is 64.1. The Bertz CT molecular complexity index is 860. The Morgan fingerprint density at radius 2 is 1.67 bits per heavy atom. The number of primary amides is 2. The highest BCUT2D eigenvalue weighted by Gasteiger charge is 2.69. The third kappa shape index (κ3) is 4.84. The van der Waals surface area contributed by atoms with Gasteiger partial charge in [-0.2, -0.15) is 0 Å². The van der Waals surface area contributed by atoms with Gasteiger partial charge in [0, 0.05) is 6.54 Å². The molecule has 0 aromatic rings. The third-order valence-electron chi connectivity index (χ3n) is 7.83. The fourth-order valence-corrected chi connectivity index (χ4v) is 5.49. The number of rotatable bonds is 8. The van der Waals surface area contributed by atoms with E-state index in [0.717, 1.165) is 19.3 Å². The van der Waals surface area contributed by atoms with Crippen LogP contribution in [0.4, 0.5) is 4.79 Å². The van der Waals surface area contributed by atoms with E-state index in [1.807, 2.05) is 34.6 Å². The van der Waals surface area contributed by atoms with Crippen LogP contribution in [0.3, 0.4) is 0 Å². The maximum atomic E-state index is 13.5. The van der Waals surface area contributed by atoms with E-state index >= 15 is 0 Å². The number of carbonyl (C=O) groups is 5. The Labute approximate surface area is 194 Å². The van der Waals surface area contributed by atoms with Crippen LogP contribution in [0, 0.1) is 28.6 Å². The number of piperidine rings is 1. The van der Waals surface area contributed by atoms with Crippen LogP contribution in [0.5, 0.6) is 0 Å². The van der Waals surface area contributed by atoms with Gasteiger partial charge in [-0.3, -0.25) is 19.2 Å². The molecular formula is C23H37N5O5. The summed E-state index contributed by atoms with van der Waals surface area (Å²) >= 11 is 0. The molecule has 2 saturated carbocycles. The van der Waals surface area contributed by atoms with Crippen molar-refractivity contribution in [3.05, 3.63) is 0 Å². The van der Waals surface area contributed by atoms with Crippen LogP contribution in [-0.4, -0.2) is 59.1 Å². The number of fused-ring (bicyclic) bond motifs is 1. The molecule has 0 radical (unpaired) electrons. The molecule has 0 bridgehead atoms. The molecule has 0 aromatic heterocycles. The molecular weight excluding hydrogens is 426 g/mol. The van der Waals surface area contributed by atoms with Gasteiger partial charge in [-0.25, -0.2) is 4.79 Å². The largest absolute Gasteiger partial charge is 0.363 e. The first kappa shape index (κ1) is 25.0. The molecule has 1 aliphatic heterocycles. The molecule has 0 spiro atoms. The normalized spacial score (nSPS) is 27.5. The highest BCUT2D eigenvalue weighted by molar-refractivity contribution is 6.37. The smallest absolute Gasteiger partial charge is 0.312 e. The lowest BCUT2D eigenvalue weighted by molar-refractivity contribution is -0.145. The lowest BCUT2D eigenvalue weighted by atomic mass is 9.80. The van der Waals surface area contributed by atoms with Crippen LogP contribution in [-0.2, 0) is 19.2 Å². The molecule has 10 heteroatoms. The zero-order valence-corrected chi connectivity index (χ0v) is 20.1. The number of Topliss-reactive ketones (excluding diaryl/α,β-unsaturated/α-hetero) is 1. The molecule has 5 atom stereocenters. The van der Waals surface area contributed by atoms with E-state index in [-0.39, 0.29) is 29.1 Å². The van der Waals surface area contributed by atoms with Crippen molar-refractivity contribution in [2.75, 3.05) is 6.54 Å². The van der Waals surface area contributed by atoms with E-state index in [9.17, 15) is 24.0 Å². The highest BCUT2D eigenvalue weighted by Crippen LogP contribution is 2.65. The fourth-order valence-electron chi connectivity index (χ4n) is 5.49. The molecule has 33 heavy (non-hydrogen) atoms. The van der Waals surface area contributed by atoms with Crippen molar-refractivity contribution in [1.29, 1.82) is 0 Å². The van der Waals surface area contributed by atoms with Gasteiger partial charge < -0.3 is 27.0 Å². The van der Waals surface area contributed by atoms with Gasteiger partial charge in [0.05, 0.1) is 6.04 Å². The molecule has 2 aliphatic carbocycles. The summed E-state index contributed by atoms with van der Waals surface area (Å²) in [5.74, 6) is -2.45. The number of hydrogen-bond acceptors (Lipinski definition) is 5. The lowest BCUT2D eigenvalue weighted by Crippen LogP contribution is -2.61. The summed E-state index contributed by atoms with van der Waals surface area (Å²) in [5.41, 5.74) is 9.77. The third-order valence-corrected chi connectivity index (χ3v) is 7.83. The SMILES string of the molecule is CC(C)(C)[C@H](NC(N)=O)C(=O)N1C[C@H]2[C@@H]([C@H]1C(=O)NC(CC1CCC1)C(=O)C(N)=O)C2(C)C. The highest BCUT2D eigenvalue weighted by atomic mass is 16.2. The first-order valence-corrected chi connectivity index (χ1v) is 11.7. The minimum Gasteiger partial charge on any atom is -0.363 e. The first-order valence-electron chi connectivity index (χ1n) is 11.7. The van der Waals surface area contributed by atoms with Crippen LogP contribution in [0.15, 0.2) is 0 Å². The summed E-state index contributed by atoms with van der Waals surface area (Å²) in [6.45, 7) is 9.89. The number of likely N-dealkylation sites (tertiary alicyclic amines) is 1. The number of nitrogens with zero attached hydrogens (tertiary/aromatic N) is 1. The van der Waals surface area contributed by atoms with Gasteiger partial charge >= 0.3 is 6.03 Å². The Kier molecular flexibility index (Phi) is 6.52. The van der Waals surface area contributed by atoms with Gasteiger partial charge in [0.25, 0.3) is 5.91 Å². The summed E-state index contributed by atoms with van der Waals surface area (Å²) < 4.78 is 0. The Hall–Kier alpha value is -2.65. The minimum atomic E-state index is -1.08. The summed E-state index contributed by atoms with van der Waals surface area (Å²) in [5, 5.41) is 5.26. The Morgan fingerprint density at radius 1 is 1.06 bits per heavy atom. The zero-order valence-electron chi connectivity index (χ0n) is 20.1. The van der Waals surface area contributed by atoms with Crippen molar-refractivity contribution in [3.8, 4) is 0 Å². The monoisotopic (exact) mass is 463 g/mol. The predicted molar refractivity (Wildman–Crippen MR) is 120 cm³/mol. The van der Waals surface area contributed by atoms with Crippen molar-refractivity contribution in [2.24, 2.45) is 40.1 Å². The summed E-state index contributed by atoms with van der Waals surface area (Å²) in [6, 6.07) is -3.53. The molecule has 1 heterocycles. The second-order valence-electron chi connectivity index (χ2n) is 11.5. The van der Waals surface area contributed by atoms with Crippen LogP contribution in [0.2, 0.25) is 0 Å². The van der Waals surface area contributed by atoms with Crippen molar-refractivity contribution in [1.82, 2.24) is 15.5 Å². The second kappa shape index (κ2) is 8.61. The van der Waals surface area contributed by atoms with Crippen LogP contribution in [0.25, 0.3) is 0 Å². The van der Waals surface area contributed by atoms with E-state index in [0.29, 0.717) is 13.0 Å². The number of amides is 5. The van der Waals surface area contributed by atoms with E-state index < -0.39 is 47.2 Å². The van der Waals surface area contributed by atoms with Crippen molar-refractivity contribution in [3.63, 3.8) is 0 Å². The lowest BCUT2D eigenvalue weighted by Gasteiger charge is -2.38. The Morgan fingerprint density at radius 3 is 2.12 bits per heavy atom. The number of nitrogens with one attached hydrogen (secondary N) is 2. The van der Waals surface area contributed by atoms with Gasteiger partial charge in [-0.05, 0) is 35.0 Å².